The first-order chi connectivity index (χ1) is 10.2. The van der Waals surface area contributed by atoms with Crippen molar-refractivity contribution in [1.82, 2.24) is 9.97 Å². The van der Waals surface area contributed by atoms with Gasteiger partial charge in [-0.1, -0.05) is 18.2 Å². The van der Waals surface area contributed by atoms with Crippen molar-refractivity contribution in [2.45, 2.75) is 13.8 Å². The van der Waals surface area contributed by atoms with E-state index in [4.69, 9.17) is 4.74 Å². The molecule has 0 amide bonds. The van der Waals surface area contributed by atoms with E-state index in [1.54, 1.807) is 7.11 Å². The van der Waals surface area contributed by atoms with Gasteiger partial charge in [0.05, 0.1) is 18.1 Å². The number of ether oxygens (including phenoxy) is 1. The maximum Gasteiger partial charge on any atom is 0.134 e. The molecule has 3 rings (SSSR count). The van der Waals surface area contributed by atoms with Crippen molar-refractivity contribution in [3.8, 4) is 5.75 Å². The summed E-state index contributed by atoms with van der Waals surface area (Å²) in [7, 11) is 1.69. The molecular weight excluding hydrogens is 260 g/mol. The first kappa shape index (κ1) is 13.4. The molecule has 0 bridgehead atoms. The van der Waals surface area contributed by atoms with E-state index in [-0.39, 0.29) is 0 Å². The number of nitrogens with zero attached hydrogens (tertiary/aromatic N) is 1. The highest BCUT2D eigenvalue weighted by Crippen LogP contribution is 2.23. The zero-order valence-electron chi connectivity index (χ0n) is 12.5. The number of aromatic amines is 1. The molecule has 21 heavy (non-hydrogen) atoms. The van der Waals surface area contributed by atoms with E-state index >= 15 is 0 Å². The summed E-state index contributed by atoms with van der Waals surface area (Å²) in [6.45, 7) is 4.12. The highest BCUT2D eigenvalue weighted by molar-refractivity contribution is 5.83. The van der Waals surface area contributed by atoms with Gasteiger partial charge in [0.1, 0.15) is 11.6 Å². The van der Waals surface area contributed by atoms with E-state index in [9.17, 15) is 0 Å². The average Bonchev–Trinajstić information content (AvgIpc) is 2.91. The second-order valence-corrected chi connectivity index (χ2v) is 5.16. The van der Waals surface area contributed by atoms with Crippen molar-refractivity contribution in [2.75, 3.05) is 7.11 Å². The molecule has 1 heterocycles. The van der Waals surface area contributed by atoms with Crippen molar-refractivity contribution >= 4 is 22.7 Å². The molecule has 1 aromatic heterocycles. The third-order valence-corrected chi connectivity index (χ3v) is 3.56. The van der Waals surface area contributed by atoms with Crippen LogP contribution in [0.4, 0.5) is 0 Å². The number of para-hydroxylation sites is 2. The average molecular weight is 278 g/mol. The Morgan fingerprint density at radius 3 is 2.71 bits per heavy atom. The molecule has 3 aromatic rings. The van der Waals surface area contributed by atoms with Gasteiger partial charge in [0.2, 0.25) is 0 Å². The third kappa shape index (κ3) is 2.68. The zero-order valence-corrected chi connectivity index (χ0v) is 12.5. The predicted molar refractivity (Wildman–Crippen MR) is 87.4 cm³/mol. The van der Waals surface area contributed by atoms with Crippen LogP contribution in [0.3, 0.4) is 0 Å². The molecule has 1 N–H and O–H groups in total. The van der Waals surface area contributed by atoms with Crippen LogP contribution in [-0.2, 0) is 0 Å². The van der Waals surface area contributed by atoms with Gasteiger partial charge in [0, 0.05) is 0 Å². The van der Waals surface area contributed by atoms with Gasteiger partial charge in [-0.25, -0.2) is 4.98 Å². The van der Waals surface area contributed by atoms with E-state index in [0.29, 0.717) is 0 Å². The minimum atomic E-state index is 0.907. The largest absolute Gasteiger partial charge is 0.496 e. The van der Waals surface area contributed by atoms with Crippen LogP contribution >= 0.6 is 0 Å². The van der Waals surface area contributed by atoms with E-state index < -0.39 is 0 Å². The van der Waals surface area contributed by atoms with Crippen LogP contribution in [0.2, 0.25) is 0 Å². The van der Waals surface area contributed by atoms with Crippen LogP contribution in [0.5, 0.6) is 5.75 Å². The smallest absolute Gasteiger partial charge is 0.134 e. The first-order valence-corrected chi connectivity index (χ1v) is 6.95. The number of fused-ring (bicyclic) bond motifs is 1. The van der Waals surface area contributed by atoms with Crippen LogP contribution in [0.1, 0.15) is 23.9 Å². The summed E-state index contributed by atoms with van der Waals surface area (Å²) in [4.78, 5) is 7.97. The summed E-state index contributed by atoms with van der Waals surface area (Å²) >= 11 is 0. The fourth-order valence-corrected chi connectivity index (χ4v) is 2.45. The number of methoxy groups -OCH3 is 1. The number of aromatic nitrogens is 2. The Bertz CT molecular complexity index is 782. The summed E-state index contributed by atoms with van der Waals surface area (Å²) in [6, 6.07) is 14.2. The Hall–Kier alpha value is -2.55. The van der Waals surface area contributed by atoms with Gasteiger partial charge in [-0.3, -0.25) is 0 Å². The molecule has 0 atom stereocenters. The summed E-state index contributed by atoms with van der Waals surface area (Å²) in [5.74, 6) is 1.82. The van der Waals surface area contributed by atoms with Gasteiger partial charge in [-0.05, 0) is 60.9 Å². The zero-order chi connectivity index (χ0) is 14.8. The molecule has 0 unspecified atom stereocenters. The van der Waals surface area contributed by atoms with Crippen LogP contribution in [0.25, 0.3) is 22.7 Å². The molecule has 0 saturated carbocycles. The van der Waals surface area contributed by atoms with E-state index in [1.165, 1.54) is 0 Å². The number of rotatable bonds is 3. The van der Waals surface area contributed by atoms with Crippen molar-refractivity contribution in [3.05, 3.63) is 59.4 Å². The molecule has 0 aliphatic carbocycles. The molecule has 2 aromatic carbocycles. The SMILES string of the molecule is COc1ccc(/C=C(/C)c2nc3ccccc3[nH]2)cc1C. The van der Waals surface area contributed by atoms with Gasteiger partial charge in [-0.15, -0.1) is 0 Å². The molecule has 0 saturated heterocycles. The fourth-order valence-electron chi connectivity index (χ4n) is 2.45. The van der Waals surface area contributed by atoms with E-state index in [1.807, 2.05) is 37.3 Å². The third-order valence-electron chi connectivity index (χ3n) is 3.56. The topological polar surface area (TPSA) is 37.9 Å². The summed E-state index contributed by atoms with van der Waals surface area (Å²) in [5, 5.41) is 0. The molecule has 106 valence electrons. The lowest BCUT2D eigenvalue weighted by atomic mass is 10.1. The lowest BCUT2D eigenvalue weighted by Gasteiger charge is -2.05. The van der Waals surface area contributed by atoms with Crippen LogP contribution in [0, 0.1) is 6.92 Å². The Kier molecular flexibility index (Phi) is 3.48. The number of H-pyrrole nitrogens is 1. The Morgan fingerprint density at radius 1 is 1.19 bits per heavy atom. The lowest BCUT2D eigenvalue weighted by Crippen LogP contribution is -1.88. The van der Waals surface area contributed by atoms with Gasteiger partial charge < -0.3 is 9.72 Å². The molecule has 0 aliphatic rings. The van der Waals surface area contributed by atoms with Gasteiger partial charge in [0.15, 0.2) is 0 Å². The van der Waals surface area contributed by atoms with Crippen LogP contribution in [-0.4, -0.2) is 17.1 Å². The number of hydrogen-bond donors (Lipinski definition) is 1. The number of hydrogen-bond acceptors (Lipinski definition) is 2. The number of allylic oxidation sites excluding steroid dienone is 1. The van der Waals surface area contributed by atoms with Crippen molar-refractivity contribution < 1.29 is 4.74 Å². The fraction of sp³-hybridized carbons (Fsp3) is 0.167. The summed E-state index contributed by atoms with van der Waals surface area (Å²) in [5.41, 5.74) is 5.43. The summed E-state index contributed by atoms with van der Waals surface area (Å²) in [6.07, 6.45) is 2.13. The van der Waals surface area contributed by atoms with Gasteiger partial charge in [-0.2, -0.15) is 0 Å². The predicted octanol–water partition coefficient (Wildman–Crippen LogP) is 4.44. The number of aryl methyl sites for hydroxylation is 1. The standard InChI is InChI=1S/C18H18N2O/c1-12-10-14(8-9-17(12)21-3)11-13(2)18-19-15-6-4-5-7-16(15)20-18/h4-11H,1-3H3,(H,19,20)/b13-11-. The number of imidazole rings is 1. The summed E-state index contributed by atoms with van der Waals surface area (Å²) < 4.78 is 5.29. The maximum atomic E-state index is 5.29. The maximum absolute atomic E-state index is 5.29. The Labute approximate surface area is 124 Å². The van der Waals surface area contributed by atoms with Crippen LogP contribution in [0.15, 0.2) is 42.5 Å². The monoisotopic (exact) mass is 278 g/mol. The highest BCUT2D eigenvalue weighted by atomic mass is 16.5. The minimum Gasteiger partial charge on any atom is -0.496 e. The highest BCUT2D eigenvalue weighted by Gasteiger charge is 2.04. The number of benzene rings is 2. The van der Waals surface area contributed by atoms with E-state index in [0.717, 1.165) is 39.3 Å². The normalized spacial score (nSPS) is 11.9. The molecule has 0 fully saturated rings. The van der Waals surface area contributed by atoms with Gasteiger partial charge in [0.25, 0.3) is 0 Å². The van der Waals surface area contributed by atoms with Gasteiger partial charge >= 0.3 is 0 Å². The van der Waals surface area contributed by atoms with Crippen molar-refractivity contribution in [1.29, 1.82) is 0 Å². The van der Waals surface area contributed by atoms with E-state index in [2.05, 4.69) is 35.1 Å². The Balaban J connectivity index is 1.96. The quantitative estimate of drug-likeness (QED) is 0.769. The lowest BCUT2D eigenvalue weighted by molar-refractivity contribution is 0.411. The molecular formula is C18H18N2O. The minimum absolute atomic E-state index is 0.907. The molecule has 0 radical (unpaired) electrons. The molecule has 0 spiro atoms. The Morgan fingerprint density at radius 2 is 2.00 bits per heavy atom. The van der Waals surface area contributed by atoms with Crippen molar-refractivity contribution in [2.24, 2.45) is 0 Å². The van der Waals surface area contributed by atoms with Crippen molar-refractivity contribution in [3.63, 3.8) is 0 Å². The number of nitrogens with one attached hydrogen (secondary N) is 1. The second-order valence-electron chi connectivity index (χ2n) is 5.16. The van der Waals surface area contributed by atoms with Crippen LogP contribution < -0.4 is 4.74 Å². The molecule has 3 heteroatoms. The molecule has 3 nitrogen and oxygen atoms in total. The second kappa shape index (κ2) is 5.44. The molecule has 0 aliphatic heterocycles. The first-order valence-electron chi connectivity index (χ1n) is 6.95.